The van der Waals surface area contributed by atoms with Crippen LogP contribution in [0.3, 0.4) is 0 Å². The molecule has 0 aliphatic carbocycles. The molecule has 0 spiro atoms. The van der Waals surface area contributed by atoms with E-state index in [0.29, 0.717) is 0 Å². The Morgan fingerprint density at radius 3 is 2.17 bits per heavy atom. The van der Waals surface area contributed by atoms with Gasteiger partial charge in [0.2, 0.25) is 0 Å². The maximum Gasteiger partial charge on any atom is 0.471 e. The third-order valence-corrected chi connectivity index (χ3v) is 2.90. The van der Waals surface area contributed by atoms with Gasteiger partial charge in [-0.1, -0.05) is 0 Å². The first-order chi connectivity index (χ1) is 7.93. The van der Waals surface area contributed by atoms with Gasteiger partial charge < -0.3 is 10.4 Å². The molecular weight excluding hydrogens is 279 g/mol. The normalized spacial score (nSPS) is 14.0. The molecule has 0 aromatic heterocycles. The standard InChI is InChI=1S/C8H12F3NO5S/c1-18(16,17)4-2-3-5(6(13)14)12-7(15)8(9,10)11/h5H,2-4H2,1H3,(H,12,15)(H,13,14). The van der Waals surface area contributed by atoms with Crippen LogP contribution in [-0.4, -0.2) is 49.6 Å². The number of aliphatic carboxylic acids is 1. The van der Waals surface area contributed by atoms with Crippen LogP contribution in [0.15, 0.2) is 0 Å². The first-order valence-electron chi connectivity index (χ1n) is 4.71. The first kappa shape index (κ1) is 16.7. The number of carbonyl (C=O) groups excluding carboxylic acids is 1. The van der Waals surface area contributed by atoms with E-state index >= 15 is 0 Å². The summed E-state index contributed by atoms with van der Waals surface area (Å²) in [4.78, 5) is 21.1. The van der Waals surface area contributed by atoms with Crippen LogP contribution in [0.1, 0.15) is 12.8 Å². The van der Waals surface area contributed by atoms with Gasteiger partial charge in [-0.15, -0.1) is 0 Å². The average Bonchev–Trinajstić information content (AvgIpc) is 2.12. The van der Waals surface area contributed by atoms with Crippen LogP contribution < -0.4 is 5.32 Å². The number of carboxylic acid groups (broad SMARTS) is 1. The number of hydrogen-bond acceptors (Lipinski definition) is 4. The van der Waals surface area contributed by atoms with E-state index in [-0.39, 0.29) is 12.2 Å². The molecule has 6 nitrogen and oxygen atoms in total. The van der Waals surface area contributed by atoms with Crippen LogP contribution in [-0.2, 0) is 19.4 Å². The highest BCUT2D eigenvalue weighted by molar-refractivity contribution is 7.90. The minimum atomic E-state index is -5.18. The van der Waals surface area contributed by atoms with Crippen LogP contribution >= 0.6 is 0 Å². The summed E-state index contributed by atoms with van der Waals surface area (Å²) in [5, 5.41) is 9.87. The van der Waals surface area contributed by atoms with Crippen LogP contribution in [0.2, 0.25) is 0 Å². The third-order valence-electron chi connectivity index (χ3n) is 1.87. The Morgan fingerprint density at radius 2 is 1.83 bits per heavy atom. The zero-order chi connectivity index (χ0) is 14.6. The Kier molecular flexibility index (Phi) is 5.58. The van der Waals surface area contributed by atoms with Gasteiger partial charge >= 0.3 is 18.1 Å². The number of carbonyl (C=O) groups is 2. The van der Waals surface area contributed by atoms with E-state index < -0.39 is 40.4 Å². The lowest BCUT2D eigenvalue weighted by Crippen LogP contribution is -2.46. The summed E-state index contributed by atoms with van der Waals surface area (Å²) in [7, 11) is -3.33. The number of alkyl halides is 3. The van der Waals surface area contributed by atoms with Gasteiger partial charge in [-0.3, -0.25) is 4.79 Å². The second kappa shape index (κ2) is 6.03. The molecule has 0 heterocycles. The van der Waals surface area contributed by atoms with Crippen molar-refractivity contribution >= 4 is 21.7 Å². The molecule has 106 valence electrons. The van der Waals surface area contributed by atoms with Crippen molar-refractivity contribution in [3.63, 3.8) is 0 Å². The predicted molar refractivity (Wildman–Crippen MR) is 54.6 cm³/mol. The van der Waals surface area contributed by atoms with Gasteiger partial charge in [0.25, 0.3) is 0 Å². The SMILES string of the molecule is CS(=O)(=O)CCCC(NC(=O)C(F)(F)F)C(=O)O. The molecule has 0 radical (unpaired) electrons. The van der Waals surface area contributed by atoms with Crippen molar-refractivity contribution in [3.05, 3.63) is 0 Å². The van der Waals surface area contributed by atoms with Gasteiger partial charge in [-0.2, -0.15) is 13.2 Å². The molecule has 0 fully saturated rings. The van der Waals surface area contributed by atoms with E-state index in [1.807, 2.05) is 0 Å². The van der Waals surface area contributed by atoms with Crippen molar-refractivity contribution in [2.45, 2.75) is 25.1 Å². The van der Waals surface area contributed by atoms with Crippen molar-refractivity contribution in [3.8, 4) is 0 Å². The number of hydrogen-bond donors (Lipinski definition) is 2. The van der Waals surface area contributed by atoms with E-state index in [1.165, 1.54) is 5.32 Å². The highest BCUT2D eigenvalue weighted by Crippen LogP contribution is 2.15. The van der Waals surface area contributed by atoms with Crippen molar-refractivity contribution in [2.24, 2.45) is 0 Å². The molecule has 0 saturated heterocycles. The quantitative estimate of drug-likeness (QED) is 0.714. The minimum absolute atomic E-state index is 0.159. The van der Waals surface area contributed by atoms with Crippen LogP contribution in [0, 0.1) is 0 Å². The predicted octanol–water partition coefficient (Wildman–Crippen LogP) is -0.0571. The van der Waals surface area contributed by atoms with Gasteiger partial charge in [0.05, 0.1) is 0 Å². The Hall–Kier alpha value is -1.32. The number of amides is 1. The molecular formula is C8H12F3NO5S. The highest BCUT2D eigenvalue weighted by Gasteiger charge is 2.40. The molecule has 0 rings (SSSR count). The summed E-state index contributed by atoms with van der Waals surface area (Å²) in [6, 6.07) is -1.76. The largest absolute Gasteiger partial charge is 0.480 e. The van der Waals surface area contributed by atoms with Crippen LogP contribution in [0.5, 0.6) is 0 Å². The highest BCUT2D eigenvalue weighted by atomic mass is 32.2. The number of nitrogens with one attached hydrogen (secondary N) is 1. The van der Waals surface area contributed by atoms with E-state index in [0.717, 1.165) is 6.26 Å². The van der Waals surface area contributed by atoms with Crippen molar-refractivity contribution in [2.75, 3.05) is 12.0 Å². The number of halogens is 3. The number of sulfone groups is 1. The van der Waals surface area contributed by atoms with Crippen molar-refractivity contribution in [1.82, 2.24) is 5.32 Å². The lowest BCUT2D eigenvalue weighted by atomic mass is 10.1. The Bertz CT molecular complexity index is 417. The lowest BCUT2D eigenvalue weighted by molar-refractivity contribution is -0.175. The molecule has 10 heteroatoms. The summed E-state index contributed by atoms with van der Waals surface area (Å²) >= 11 is 0. The summed E-state index contributed by atoms with van der Waals surface area (Å²) in [6.45, 7) is 0. The third kappa shape index (κ3) is 7.09. The summed E-state index contributed by atoms with van der Waals surface area (Å²) in [6.07, 6.45) is -4.82. The smallest absolute Gasteiger partial charge is 0.471 e. The molecule has 1 amide bonds. The molecule has 18 heavy (non-hydrogen) atoms. The van der Waals surface area contributed by atoms with E-state index in [9.17, 15) is 31.2 Å². The maximum atomic E-state index is 11.9. The van der Waals surface area contributed by atoms with E-state index in [1.54, 1.807) is 0 Å². The van der Waals surface area contributed by atoms with Gasteiger partial charge in [0, 0.05) is 12.0 Å². The van der Waals surface area contributed by atoms with Gasteiger partial charge in [-0.05, 0) is 12.8 Å². The maximum absolute atomic E-state index is 11.9. The summed E-state index contributed by atoms with van der Waals surface area (Å²) in [5.74, 6) is -4.38. The summed E-state index contributed by atoms with van der Waals surface area (Å²) in [5.41, 5.74) is 0. The zero-order valence-corrected chi connectivity index (χ0v) is 10.1. The molecule has 1 atom stereocenters. The second-order valence-corrected chi connectivity index (χ2v) is 5.89. The molecule has 0 saturated carbocycles. The second-order valence-electron chi connectivity index (χ2n) is 3.63. The van der Waals surface area contributed by atoms with Gasteiger partial charge in [-0.25, -0.2) is 13.2 Å². The first-order valence-corrected chi connectivity index (χ1v) is 6.78. The van der Waals surface area contributed by atoms with Gasteiger partial charge in [0.1, 0.15) is 15.9 Å². The van der Waals surface area contributed by atoms with Crippen LogP contribution in [0.25, 0.3) is 0 Å². The average molecular weight is 291 g/mol. The molecule has 0 bridgehead atoms. The zero-order valence-electron chi connectivity index (χ0n) is 9.32. The molecule has 2 N–H and O–H groups in total. The summed E-state index contributed by atoms with van der Waals surface area (Å²) < 4.78 is 57.1. The molecule has 0 aromatic carbocycles. The monoisotopic (exact) mass is 291 g/mol. The Balaban J connectivity index is 4.43. The molecule has 0 aliphatic heterocycles. The van der Waals surface area contributed by atoms with Crippen molar-refractivity contribution < 1.29 is 36.3 Å². The number of carboxylic acids is 1. The fourth-order valence-corrected chi connectivity index (χ4v) is 1.74. The molecule has 0 aromatic rings. The lowest BCUT2D eigenvalue weighted by Gasteiger charge is -2.15. The Morgan fingerprint density at radius 1 is 1.33 bits per heavy atom. The van der Waals surface area contributed by atoms with Crippen LogP contribution in [0.4, 0.5) is 13.2 Å². The van der Waals surface area contributed by atoms with Gasteiger partial charge in [0.15, 0.2) is 0 Å². The van der Waals surface area contributed by atoms with Crippen molar-refractivity contribution in [1.29, 1.82) is 0 Å². The topological polar surface area (TPSA) is 101 Å². The minimum Gasteiger partial charge on any atom is -0.480 e. The molecule has 1 unspecified atom stereocenters. The fourth-order valence-electron chi connectivity index (χ4n) is 1.05. The van der Waals surface area contributed by atoms with E-state index in [4.69, 9.17) is 5.11 Å². The fraction of sp³-hybridized carbons (Fsp3) is 0.750. The Labute approximate surface area is 101 Å². The number of rotatable bonds is 6. The van der Waals surface area contributed by atoms with E-state index in [2.05, 4.69) is 0 Å². The molecule has 0 aliphatic rings.